The third kappa shape index (κ3) is 4.78. The van der Waals surface area contributed by atoms with Gasteiger partial charge in [0.15, 0.2) is 11.6 Å². The number of amides is 1. The van der Waals surface area contributed by atoms with Crippen LogP contribution in [0.5, 0.6) is 11.5 Å². The standard InChI is InChI=1S/C29H34FN7O2/c1-4-37(18(2)3)28(38)21-9-19(30)5-6-25(21)39-26-14-32-17-34-27(26)36-15-29(16-36)10-20(11-29)35-23-7-8-33-24-13-31-12-22(23)24/h5-9,14,17-18,20,31H,4,10-13,15-16H2,1-3H3,(H,33,35). The van der Waals surface area contributed by atoms with E-state index in [2.05, 4.69) is 36.6 Å². The average molecular weight is 532 g/mol. The first-order valence-corrected chi connectivity index (χ1v) is 13.6. The number of carbonyl (C=O) groups excluding carboxylic acids is 1. The Bertz CT molecular complexity index is 1380. The van der Waals surface area contributed by atoms with Crippen molar-refractivity contribution in [2.24, 2.45) is 5.41 Å². The van der Waals surface area contributed by atoms with Gasteiger partial charge in [-0.2, -0.15) is 0 Å². The number of carbonyl (C=O) groups is 1. The lowest BCUT2D eigenvalue weighted by Crippen LogP contribution is -2.65. The van der Waals surface area contributed by atoms with Crippen molar-refractivity contribution in [2.75, 3.05) is 29.9 Å². The lowest BCUT2D eigenvalue weighted by Gasteiger charge is -2.59. The fourth-order valence-corrected chi connectivity index (χ4v) is 6.20. The van der Waals surface area contributed by atoms with Gasteiger partial charge in [0.1, 0.15) is 17.9 Å². The van der Waals surface area contributed by atoms with Crippen molar-refractivity contribution in [1.29, 1.82) is 0 Å². The number of rotatable bonds is 8. The molecule has 0 bridgehead atoms. The smallest absolute Gasteiger partial charge is 0.257 e. The Balaban J connectivity index is 1.13. The van der Waals surface area contributed by atoms with E-state index in [1.165, 1.54) is 35.8 Å². The average Bonchev–Trinajstić information content (AvgIpc) is 3.36. The third-order valence-electron chi connectivity index (χ3n) is 8.09. The summed E-state index contributed by atoms with van der Waals surface area (Å²) < 4.78 is 20.4. The predicted molar refractivity (Wildman–Crippen MR) is 146 cm³/mol. The Morgan fingerprint density at radius 2 is 2.05 bits per heavy atom. The molecule has 39 heavy (non-hydrogen) atoms. The number of benzene rings is 1. The Kier molecular flexibility index (Phi) is 6.58. The summed E-state index contributed by atoms with van der Waals surface area (Å²) in [5.41, 5.74) is 4.05. The van der Waals surface area contributed by atoms with Crippen LogP contribution in [0.4, 0.5) is 15.9 Å². The largest absolute Gasteiger partial charge is 0.451 e. The van der Waals surface area contributed by atoms with E-state index < -0.39 is 5.82 Å². The van der Waals surface area contributed by atoms with E-state index in [4.69, 9.17) is 4.74 Å². The highest BCUT2D eigenvalue weighted by atomic mass is 19.1. The van der Waals surface area contributed by atoms with E-state index in [-0.39, 0.29) is 22.9 Å². The van der Waals surface area contributed by atoms with E-state index in [0.29, 0.717) is 29.9 Å². The number of aromatic nitrogens is 3. The molecule has 2 aliphatic heterocycles. The summed E-state index contributed by atoms with van der Waals surface area (Å²) in [6, 6.07) is 6.53. The van der Waals surface area contributed by atoms with Crippen LogP contribution >= 0.6 is 0 Å². The summed E-state index contributed by atoms with van der Waals surface area (Å²) in [5.74, 6) is 0.672. The zero-order valence-corrected chi connectivity index (χ0v) is 22.6. The first-order valence-electron chi connectivity index (χ1n) is 13.6. The van der Waals surface area contributed by atoms with E-state index in [9.17, 15) is 9.18 Å². The molecule has 1 saturated carbocycles. The fraction of sp³-hybridized carbons (Fsp3) is 0.448. The van der Waals surface area contributed by atoms with Crippen molar-refractivity contribution < 1.29 is 13.9 Å². The number of pyridine rings is 1. The van der Waals surface area contributed by atoms with Crippen molar-refractivity contribution >= 4 is 17.4 Å². The Hall–Kier alpha value is -3.79. The van der Waals surface area contributed by atoms with Gasteiger partial charge in [0.05, 0.1) is 17.5 Å². The highest BCUT2D eigenvalue weighted by Gasteiger charge is 2.53. The first-order chi connectivity index (χ1) is 18.9. The molecule has 10 heteroatoms. The van der Waals surface area contributed by atoms with Crippen molar-refractivity contribution in [1.82, 2.24) is 25.2 Å². The summed E-state index contributed by atoms with van der Waals surface area (Å²) in [4.78, 5) is 30.3. The van der Waals surface area contributed by atoms with Gasteiger partial charge in [0, 0.05) is 67.7 Å². The molecule has 0 radical (unpaired) electrons. The van der Waals surface area contributed by atoms with E-state index >= 15 is 0 Å². The normalized spacial score (nSPS) is 17.5. The first kappa shape index (κ1) is 25.5. The molecule has 1 aliphatic carbocycles. The minimum atomic E-state index is -0.485. The van der Waals surface area contributed by atoms with E-state index in [0.717, 1.165) is 44.7 Å². The minimum Gasteiger partial charge on any atom is -0.451 e. The Morgan fingerprint density at radius 3 is 2.82 bits per heavy atom. The second-order valence-electron chi connectivity index (χ2n) is 11.1. The highest BCUT2D eigenvalue weighted by molar-refractivity contribution is 5.97. The van der Waals surface area contributed by atoms with Crippen molar-refractivity contribution in [2.45, 2.75) is 58.8 Å². The molecule has 2 N–H and O–H groups in total. The number of fused-ring (bicyclic) bond motifs is 1. The van der Waals surface area contributed by atoms with E-state index in [1.54, 1.807) is 11.1 Å². The second kappa shape index (κ2) is 10.1. The lowest BCUT2D eigenvalue weighted by atomic mass is 9.60. The van der Waals surface area contributed by atoms with Crippen LogP contribution in [0.1, 0.15) is 55.2 Å². The number of halogens is 1. The molecular weight excluding hydrogens is 497 g/mol. The maximum atomic E-state index is 14.2. The highest BCUT2D eigenvalue weighted by Crippen LogP contribution is 2.51. The molecule has 204 valence electrons. The van der Waals surface area contributed by atoms with E-state index in [1.807, 2.05) is 27.0 Å². The number of nitrogens with one attached hydrogen (secondary N) is 2. The molecule has 6 rings (SSSR count). The number of hydrogen-bond donors (Lipinski definition) is 2. The fourth-order valence-electron chi connectivity index (χ4n) is 6.20. The Morgan fingerprint density at radius 1 is 1.23 bits per heavy atom. The van der Waals surface area contributed by atoms with Crippen LogP contribution in [0.3, 0.4) is 0 Å². The summed E-state index contributed by atoms with van der Waals surface area (Å²) in [6.07, 6.45) is 7.17. The van der Waals surface area contributed by atoms with Gasteiger partial charge < -0.3 is 25.2 Å². The molecule has 4 heterocycles. The van der Waals surface area contributed by atoms with Crippen LogP contribution in [-0.2, 0) is 13.1 Å². The minimum absolute atomic E-state index is 0.0246. The topological polar surface area (TPSA) is 95.5 Å². The molecule has 3 aliphatic rings. The maximum Gasteiger partial charge on any atom is 0.257 e. The molecule has 0 atom stereocenters. The molecule has 9 nitrogen and oxygen atoms in total. The number of hydrogen-bond acceptors (Lipinski definition) is 8. The van der Waals surface area contributed by atoms with Crippen molar-refractivity contribution in [3.8, 4) is 11.5 Å². The molecule has 1 spiro atoms. The van der Waals surface area contributed by atoms with Gasteiger partial charge in [-0.1, -0.05) is 0 Å². The maximum absolute atomic E-state index is 14.2. The monoisotopic (exact) mass is 531 g/mol. The number of anilines is 2. The van der Waals surface area contributed by atoms with Gasteiger partial charge in [-0.3, -0.25) is 9.78 Å². The number of nitrogens with zero attached hydrogens (tertiary/aromatic N) is 5. The molecule has 1 amide bonds. The van der Waals surface area contributed by atoms with Crippen LogP contribution < -0.4 is 20.3 Å². The molecule has 1 saturated heterocycles. The van der Waals surface area contributed by atoms with Crippen LogP contribution in [-0.4, -0.2) is 57.5 Å². The third-order valence-corrected chi connectivity index (χ3v) is 8.09. The quantitative estimate of drug-likeness (QED) is 0.443. The van der Waals surface area contributed by atoms with Crippen molar-refractivity contribution in [3.63, 3.8) is 0 Å². The summed E-state index contributed by atoms with van der Waals surface area (Å²) in [6.45, 7) is 9.74. The predicted octanol–water partition coefficient (Wildman–Crippen LogP) is 4.36. The Labute approximate surface area is 227 Å². The van der Waals surface area contributed by atoms with Crippen LogP contribution in [0.2, 0.25) is 0 Å². The molecule has 0 unspecified atom stereocenters. The molecule has 1 aromatic carbocycles. The van der Waals surface area contributed by atoms with Gasteiger partial charge in [-0.15, -0.1) is 0 Å². The van der Waals surface area contributed by atoms with Crippen LogP contribution in [0, 0.1) is 11.2 Å². The van der Waals surface area contributed by atoms with Crippen LogP contribution in [0.15, 0.2) is 43.0 Å². The van der Waals surface area contributed by atoms with Crippen molar-refractivity contribution in [3.05, 3.63) is 65.6 Å². The second-order valence-corrected chi connectivity index (χ2v) is 11.1. The van der Waals surface area contributed by atoms with Gasteiger partial charge in [0.25, 0.3) is 5.91 Å². The zero-order valence-electron chi connectivity index (χ0n) is 22.6. The summed E-state index contributed by atoms with van der Waals surface area (Å²) in [7, 11) is 0. The van der Waals surface area contributed by atoms with Crippen LogP contribution in [0.25, 0.3) is 0 Å². The van der Waals surface area contributed by atoms with Gasteiger partial charge in [-0.25, -0.2) is 14.4 Å². The summed E-state index contributed by atoms with van der Waals surface area (Å²) in [5, 5.41) is 7.10. The van der Waals surface area contributed by atoms with Gasteiger partial charge >= 0.3 is 0 Å². The zero-order chi connectivity index (χ0) is 27.1. The van der Waals surface area contributed by atoms with Gasteiger partial charge in [-0.05, 0) is 57.9 Å². The molecule has 2 fully saturated rings. The lowest BCUT2D eigenvalue weighted by molar-refractivity contribution is 0.0713. The summed E-state index contributed by atoms with van der Waals surface area (Å²) >= 11 is 0. The number of ether oxygens (including phenoxy) is 1. The van der Waals surface area contributed by atoms with Gasteiger partial charge in [0.2, 0.25) is 0 Å². The SMILES string of the molecule is CCN(C(=O)c1cc(F)ccc1Oc1cncnc1N1CC2(CC(Nc3ccnc4c3CNC4)C2)C1)C(C)C. The molecule has 2 aromatic heterocycles. The molecule has 3 aromatic rings. The molecular formula is C29H34FN7O2.